The molecular formula is C10H13ClN2O2S2. The number of sulfonamides is 1. The van der Waals surface area contributed by atoms with E-state index in [1.165, 1.54) is 18.5 Å². The van der Waals surface area contributed by atoms with Crippen molar-refractivity contribution in [3.8, 4) is 0 Å². The van der Waals surface area contributed by atoms with E-state index in [1.807, 2.05) is 0 Å². The summed E-state index contributed by atoms with van der Waals surface area (Å²) in [5, 5.41) is 0.576. The van der Waals surface area contributed by atoms with E-state index < -0.39 is 10.0 Å². The highest BCUT2D eigenvalue weighted by molar-refractivity contribution is 8.00. The van der Waals surface area contributed by atoms with E-state index in [-0.39, 0.29) is 9.92 Å². The first kappa shape index (κ1) is 13.1. The Morgan fingerprint density at radius 1 is 1.59 bits per heavy atom. The molecule has 0 saturated carbocycles. The zero-order chi connectivity index (χ0) is 12.3. The van der Waals surface area contributed by atoms with E-state index >= 15 is 0 Å². The maximum atomic E-state index is 12.0. The fraction of sp³-hybridized carbons (Fsp3) is 0.500. The molecule has 0 amide bonds. The van der Waals surface area contributed by atoms with Crippen LogP contribution in [0.4, 0.5) is 0 Å². The van der Waals surface area contributed by atoms with Crippen LogP contribution in [0.25, 0.3) is 0 Å². The van der Waals surface area contributed by atoms with Crippen LogP contribution in [-0.2, 0) is 10.0 Å². The molecule has 1 unspecified atom stereocenters. The second-order valence-electron chi connectivity index (χ2n) is 3.79. The average molecular weight is 293 g/mol. The summed E-state index contributed by atoms with van der Waals surface area (Å²) in [5.74, 6) is 1.11. The van der Waals surface area contributed by atoms with E-state index in [1.54, 1.807) is 11.8 Å². The molecule has 0 spiro atoms. The van der Waals surface area contributed by atoms with Crippen LogP contribution in [0.15, 0.2) is 23.4 Å². The SMILES string of the molecule is O=S(=O)(NCC1CCCS1)c1cnccc1Cl. The lowest BCUT2D eigenvalue weighted by Crippen LogP contribution is -2.30. The van der Waals surface area contributed by atoms with Crippen LogP contribution in [0.3, 0.4) is 0 Å². The van der Waals surface area contributed by atoms with Crippen molar-refractivity contribution in [2.75, 3.05) is 12.3 Å². The summed E-state index contributed by atoms with van der Waals surface area (Å²) in [6.07, 6.45) is 4.96. The molecule has 1 saturated heterocycles. The number of aromatic nitrogens is 1. The number of hydrogen-bond acceptors (Lipinski definition) is 4. The molecule has 2 rings (SSSR count). The predicted molar refractivity (Wildman–Crippen MR) is 69.9 cm³/mol. The number of rotatable bonds is 4. The minimum absolute atomic E-state index is 0.0460. The molecule has 1 aromatic rings. The topological polar surface area (TPSA) is 59.1 Å². The van der Waals surface area contributed by atoms with Gasteiger partial charge in [0.1, 0.15) is 4.90 Å². The molecule has 17 heavy (non-hydrogen) atoms. The van der Waals surface area contributed by atoms with Crippen molar-refractivity contribution >= 4 is 33.4 Å². The molecule has 94 valence electrons. The Bertz CT molecular complexity index is 487. The summed E-state index contributed by atoms with van der Waals surface area (Å²) in [6, 6.07) is 1.47. The van der Waals surface area contributed by atoms with E-state index in [2.05, 4.69) is 9.71 Å². The van der Waals surface area contributed by atoms with Crippen LogP contribution in [-0.4, -0.2) is 30.9 Å². The fourth-order valence-corrected chi connectivity index (χ4v) is 4.46. The monoisotopic (exact) mass is 292 g/mol. The Morgan fingerprint density at radius 2 is 2.41 bits per heavy atom. The Labute approximate surface area is 110 Å². The molecule has 0 bridgehead atoms. The number of thioether (sulfide) groups is 1. The zero-order valence-electron chi connectivity index (χ0n) is 9.10. The van der Waals surface area contributed by atoms with Crippen molar-refractivity contribution < 1.29 is 8.42 Å². The number of halogens is 1. The van der Waals surface area contributed by atoms with Crippen LogP contribution in [0.5, 0.6) is 0 Å². The molecular weight excluding hydrogens is 280 g/mol. The molecule has 1 N–H and O–H groups in total. The van der Waals surface area contributed by atoms with E-state index in [4.69, 9.17) is 11.6 Å². The smallest absolute Gasteiger partial charge is 0.243 e. The predicted octanol–water partition coefficient (Wildman–Crippen LogP) is 1.91. The summed E-state index contributed by atoms with van der Waals surface area (Å²) in [6.45, 7) is 0.457. The maximum absolute atomic E-state index is 12.0. The summed E-state index contributed by atoms with van der Waals surface area (Å²) >= 11 is 7.65. The van der Waals surface area contributed by atoms with Crippen LogP contribution in [0.2, 0.25) is 5.02 Å². The van der Waals surface area contributed by atoms with Crippen LogP contribution < -0.4 is 4.72 Å². The fourth-order valence-electron chi connectivity index (χ4n) is 1.65. The van der Waals surface area contributed by atoms with Gasteiger partial charge in [-0.1, -0.05) is 11.6 Å². The highest BCUT2D eigenvalue weighted by Gasteiger charge is 2.21. The lowest BCUT2D eigenvalue weighted by molar-refractivity contribution is 0.578. The van der Waals surface area contributed by atoms with Crippen molar-refractivity contribution in [2.24, 2.45) is 0 Å². The summed E-state index contributed by atoms with van der Waals surface area (Å²) in [7, 11) is -3.54. The molecule has 2 heterocycles. The highest BCUT2D eigenvalue weighted by atomic mass is 35.5. The minimum Gasteiger partial charge on any atom is -0.263 e. The molecule has 0 aromatic carbocycles. The third kappa shape index (κ3) is 3.34. The van der Waals surface area contributed by atoms with E-state index in [0.29, 0.717) is 11.8 Å². The molecule has 1 aromatic heterocycles. The van der Waals surface area contributed by atoms with Gasteiger partial charge in [-0.15, -0.1) is 0 Å². The number of hydrogen-bond donors (Lipinski definition) is 1. The lowest BCUT2D eigenvalue weighted by Gasteiger charge is -2.11. The molecule has 0 radical (unpaired) electrons. The Balaban J connectivity index is 2.06. The molecule has 1 aliphatic rings. The average Bonchev–Trinajstić information content (AvgIpc) is 2.80. The minimum atomic E-state index is -3.54. The van der Waals surface area contributed by atoms with Gasteiger partial charge in [-0.05, 0) is 24.7 Å². The third-order valence-electron chi connectivity index (χ3n) is 2.55. The van der Waals surface area contributed by atoms with Gasteiger partial charge in [-0.25, -0.2) is 13.1 Å². The van der Waals surface area contributed by atoms with Gasteiger partial charge in [-0.2, -0.15) is 11.8 Å². The lowest BCUT2D eigenvalue weighted by atomic mass is 10.2. The van der Waals surface area contributed by atoms with Gasteiger partial charge in [0.15, 0.2) is 0 Å². The van der Waals surface area contributed by atoms with Gasteiger partial charge in [-0.3, -0.25) is 4.98 Å². The second kappa shape index (κ2) is 5.56. The summed E-state index contributed by atoms with van der Waals surface area (Å²) < 4.78 is 26.5. The first-order valence-corrected chi connectivity index (χ1v) is 8.21. The van der Waals surface area contributed by atoms with Gasteiger partial charge in [0.2, 0.25) is 10.0 Å². The number of pyridine rings is 1. The Morgan fingerprint density at radius 3 is 3.06 bits per heavy atom. The number of nitrogens with zero attached hydrogens (tertiary/aromatic N) is 1. The van der Waals surface area contributed by atoms with Gasteiger partial charge in [0.25, 0.3) is 0 Å². The van der Waals surface area contributed by atoms with Crippen molar-refractivity contribution in [3.05, 3.63) is 23.5 Å². The zero-order valence-corrected chi connectivity index (χ0v) is 11.5. The van der Waals surface area contributed by atoms with Crippen LogP contribution in [0.1, 0.15) is 12.8 Å². The van der Waals surface area contributed by atoms with Gasteiger partial charge >= 0.3 is 0 Å². The van der Waals surface area contributed by atoms with Gasteiger partial charge in [0, 0.05) is 24.2 Å². The maximum Gasteiger partial charge on any atom is 0.243 e. The standard InChI is InChI=1S/C10H13ClN2O2S2/c11-9-3-4-12-7-10(9)17(14,15)13-6-8-2-1-5-16-8/h3-4,7-8,13H,1-2,5-6H2. The van der Waals surface area contributed by atoms with Crippen molar-refractivity contribution in [1.29, 1.82) is 0 Å². The molecule has 4 nitrogen and oxygen atoms in total. The van der Waals surface area contributed by atoms with Crippen molar-refractivity contribution in [3.63, 3.8) is 0 Å². The van der Waals surface area contributed by atoms with Gasteiger partial charge in [0.05, 0.1) is 5.02 Å². The van der Waals surface area contributed by atoms with Gasteiger partial charge < -0.3 is 0 Å². The van der Waals surface area contributed by atoms with Crippen molar-refractivity contribution in [2.45, 2.75) is 23.0 Å². The first-order valence-electron chi connectivity index (χ1n) is 5.30. The quantitative estimate of drug-likeness (QED) is 0.921. The first-order chi connectivity index (χ1) is 8.09. The van der Waals surface area contributed by atoms with Crippen molar-refractivity contribution in [1.82, 2.24) is 9.71 Å². The second-order valence-corrected chi connectivity index (χ2v) is 7.34. The van der Waals surface area contributed by atoms with E-state index in [9.17, 15) is 8.42 Å². The summed E-state index contributed by atoms with van der Waals surface area (Å²) in [5.41, 5.74) is 0. The van der Waals surface area contributed by atoms with E-state index in [0.717, 1.165) is 18.6 Å². The summed E-state index contributed by atoms with van der Waals surface area (Å²) in [4.78, 5) is 3.83. The number of nitrogens with one attached hydrogen (secondary N) is 1. The molecule has 1 aliphatic heterocycles. The normalized spacial score (nSPS) is 20.6. The Kier molecular flexibility index (Phi) is 4.30. The highest BCUT2D eigenvalue weighted by Crippen LogP contribution is 2.26. The Hall–Kier alpha value is -0.300. The molecule has 0 aliphatic carbocycles. The van der Waals surface area contributed by atoms with Crippen LogP contribution in [0, 0.1) is 0 Å². The molecule has 7 heteroatoms. The molecule has 1 atom stereocenters. The largest absolute Gasteiger partial charge is 0.263 e. The third-order valence-corrected chi connectivity index (χ3v) is 5.84. The molecule has 1 fully saturated rings. The van der Waals surface area contributed by atoms with Crippen LogP contribution >= 0.6 is 23.4 Å².